The van der Waals surface area contributed by atoms with Crippen LogP contribution in [0.1, 0.15) is 0 Å². The number of rotatable bonds is 1. The van der Waals surface area contributed by atoms with Gasteiger partial charge in [-0.25, -0.2) is 4.90 Å². The van der Waals surface area contributed by atoms with E-state index in [2.05, 4.69) is 0 Å². The first-order chi connectivity index (χ1) is 11.1. The van der Waals surface area contributed by atoms with Gasteiger partial charge in [0, 0.05) is 0 Å². The maximum Gasteiger partial charge on any atom is 0.240 e. The van der Waals surface area contributed by atoms with Crippen molar-refractivity contribution in [2.75, 3.05) is 4.90 Å². The van der Waals surface area contributed by atoms with Gasteiger partial charge < -0.3 is 0 Å². The van der Waals surface area contributed by atoms with E-state index < -0.39 is 37.7 Å². The second-order valence-electron chi connectivity index (χ2n) is 5.93. The summed E-state index contributed by atoms with van der Waals surface area (Å²) in [5.41, 5.74) is 0.406. The summed E-state index contributed by atoms with van der Waals surface area (Å²) in [5, 5.41) is -0.189. The number of fused-ring (bicyclic) bond motifs is 5. The number of allylic oxidation sites excluding steroid dienone is 2. The number of imide groups is 1. The van der Waals surface area contributed by atoms with Crippen molar-refractivity contribution in [2.24, 2.45) is 11.8 Å². The highest BCUT2D eigenvalue weighted by Crippen LogP contribution is 2.77. The molecular weight excluding hydrogens is 439 g/mol. The molecule has 0 aromatic heterocycles. The summed E-state index contributed by atoms with van der Waals surface area (Å²) in [4.78, 5) is 23.5. The number of amides is 2. The number of carbonyl (C=O) groups excluding carboxylic acids is 2. The first-order valence-corrected chi connectivity index (χ1v) is 9.13. The van der Waals surface area contributed by atoms with Gasteiger partial charge in [-0.3, -0.25) is 9.59 Å². The monoisotopic (exact) mass is 443 g/mol. The smallest absolute Gasteiger partial charge is 0.240 e. The Balaban J connectivity index is 1.93. The molecule has 24 heavy (non-hydrogen) atoms. The van der Waals surface area contributed by atoms with Gasteiger partial charge in [-0.1, -0.05) is 64.6 Å². The third kappa shape index (κ3) is 1.57. The Hall–Kier alpha value is -0.160. The van der Waals surface area contributed by atoms with Gasteiger partial charge in [-0.15, -0.1) is 23.2 Å². The van der Waals surface area contributed by atoms with E-state index in [-0.39, 0.29) is 10.1 Å². The Morgan fingerprint density at radius 3 is 1.62 bits per heavy atom. The van der Waals surface area contributed by atoms with Crippen molar-refractivity contribution >= 4 is 87.1 Å². The van der Waals surface area contributed by atoms with Crippen molar-refractivity contribution in [3.05, 3.63) is 40.4 Å². The van der Waals surface area contributed by atoms with Crippen LogP contribution in [0, 0.1) is 11.8 Å². The number of nitrogens with zero attached hydrogens (tertiary/aromatic N) is 1. The number of alkyl halides is 4. The van der Waals surface area contributed by atoms with Crippen LogP contribution in [0.15, 0.2) is 40.4 Å². The van der Waals surface area contributed by atoms with Crippen molar-refractivity contribution in [3.63, 3.8) is 0 Å². The topological polar surface area (TPSA) is 37.4 Å². The minimum absolute atomic E-state index is 0.0943. The summed E-state index contributed by atoms with van der Waals surface area (Å²) >= 11 is 38.5. The van der Waals surface area contributed by atoms with E-state index in [0.717, 1.165) is 4.90 Å². The van der Waals surface area contributed by atoms with E-state index in [1.807, 2.05) is 0 Å². The molecule has 3 nitrogen and oxygen atoms in total. The van der Waals surface area contributed by atoms with Crippen molar-refractivity contribution in [1.82, 2.24) is 0 Å². The van der Waals surface area contributed by atoms with E-state index in [1.54, 1.807) is 30.3 Å². The quantitative estimate of drug-likeness (QED) is 0.466. The highest BCUT2D eigenvalue weighted by atomic mass is 35.5. The molecule has 1 heterocycles. The lowest BCUT2D eigenvalue weighted by molar-refractivity contribution is -0.123. The van der Waals surface area contributed by atoms with Crippen LogP contribution in [-0.2, 0) is 9.59 Å². The fourth-order valence-electron chi connectivity index (χ4n) is 3.83. The molecule has 4 atom stereocenters. The second-order valence-corrected chi connectivity index (χ2v) is 9.20. The lowest BCUT2D eigenvalue weighted by Gasteiger charge is -2.34. The molecule has 3 aliphatic rings. The fourth-order valence-corrected chi connectivity index (χ4v) is 6.76. The Bertz CT molecular complexity index is 779. The molecule has 0 N–H and O–H groups in total. The number of benzene rings is 1. The van der Waals surface area contributed by atoms with Crippen LogP contribution < -0.4 is 4.90 Å². The molecule has 1 saturated heterocycles. The molecule has 2 aliphatic carbocycles. The standard InChI is InChI=1S/C15H7Cl6NO2/c16-9-10(17)14(19)8-7(13(9,18)15(14,20)21)11(23)22(12(8)24)6-4-2-1-3-5-6/h1-5,7-8H. The molecule has 0 radical (unpaired) electrons. The third-order valence-corrected chi connectivity index (χ3v) is 9.18. The van der Waals surface area contributed by atoms with Crippen LogP contribution in [0.3, 0.4) is 0 Å². The van der Waals surface area contributed by atoms with Crippen molar-refractivity contribution in [2.45, 2.75) is 14.1 Å². The molecule has 1 aromatic rings. The summed E-state index contributed by atoms with van der Waals surface area (Å²) < 4.78 is -1.90. The number of hydrogen-bond acceptors (Lipinski definition) is 2. The first kappa shape index (κ1) is 17.3. The van der Waals surface area contributed by atoms with Crippen molar-refractivity contribution in [3.8, 4) is 0 Å². The van der Waals surface area contributed by atoms with Crippen molar-refractivity contribution < 1.29 is 9.59 Å². The van der Waals surface area contributed by atoms with Crippen LogP contribution in [0.4, 0.5) is 5.69 Å². The molecule has 1 aromatic carbocycles. The van der Waals surface area contributed by atoms with Crippen LogP contribution in [-0.4, -0.2) is 25.9 Å². The summed E-state index contributed by atoms with van der Waals surface area (Å²) in [6.07, 6.45) is 0. The van der Waals surface area contributed by atoms with Crippen LogP contribution >= 0.6 is 69.6 Å². The molecule has 4 unspecified atom stereocenters. The zero-order valence-electron chi connectivity index (χ0n) is 11.6. The molecule has 2 amide bonds. The summed E-state index contributed by atoms with van der Waals surface area (Å²) in [6, 6.07) is 8.44. The molecule has 1 aliphatic heterocycles. The summed E-state index contributed by atoms with van der Waals surface area (Å²) in [7, 11) is 0. The van der Waals surface area contributed by atoms with E-state index >= 15 is 0 Å². The largest absolute Gasteiger partial charge is 0.274 e. The van der Waals surface area contributed by atoms with Gasteiger partial charge in [0.1, 0.15) is 9.75 Å². The van der Waals surface area contributed by atoms with Gasteiger partial charge in [0.2, 0.25) is 11.8 Å². The lowest BCUT2D eigenvalue weighted by Crippen LogP contribution is -2.50. The Morgan fingerprint density at radius 1 is 0.792 bits per heavy atom. The van der Waals surface area contributed by atoms with E-state index in [4.69, 9.17) is 69.6 Å². The van der Waals surface area contributed by atoms with Gasteiger partial charge in [-0.05, 0) is 12.1 Å². The predicted molar refractivity (Wildman–Crippen MR) is 96.3 cm³/mol. The Labute approximate surface area is 167 Å². The lowest BCUT2D eigenvalue weighted by atomic mass is 9.84. The Kier molecular flexibility index (Phi) is 3.57. The normalized spacial score (nSPS) is 39.8. The van der Waals surface area contributed by atoms with E-state index in [9.17, 15) is 9.59 Å². The highest BCUT2D eigenvalue weighted by molar-refractivity contribution is 6.67. The van der Waals surface area contributed by atoms with Crippen LogP contribution in [0.25, 0.3) is 0 Å². The van der Waals surface area contributed by atoms with E-state index in [1.165, 1.54) is 0 Å². The van der Waals surface area contributed by atoms with Gasteiger partial charge >= 0.3 is 0 Å². The average Bonchev–Trinajstić information content (AvgIpc) is 2.93. The molecule has 1 saturated carbocycles. The fraction of sp³-hybridized carbons (Fsp3) is 0.333. The SMILES string of the molecule is O=C1C2C(C(=O)N1c1ccccc1)C1(Cl)C(Cl)=C(Cl)C2(Cl)C1(Cl)Cl. The zero-order chi connectivity index (χ0) is 17.7. The number of hydrogen-bond donors (Lipinski definition) is 0. The summed E-state index contributed by atoms with van der Waals surface area (Å²) in [6.45, 7) is 0. The minimum Gasteiger partial charge on any atom is -0.274 e. The minimum atomic E-state index is -1.90. The second kappa shape index (κ2) is 4.97. The third-order valence-electron chi connectivity index (χ3n) is 4.92. The number of carbonyl (C=O) groups is 2. The highest BCUT2D eigenvalue weighted by Gasteiger charge is 2.87. The molecule has 2 bridgehead atoms. The number of halogens is 6. The molecular formula is C15H7Cl6NO2. The van der Waals surface area contributed by atoms with Crippen LogP contribution in [0.2, 0.25) is 0 Å². The number of anilines is 1. The molecule has 2 fully saturated rings. The molecule has 9 heteroatoms. The van der Waals surface area contributed by atoms with Crippen LogP contribution in [0.5, 0.6) is 0 Å². The summed E-state index contributed by atoms with van der Waals surface area (Å²) in [5.74, 6) is -3.31. The van der Waals surface area contributed by atoms with Crippen molar-refractivity contribution in [1.29, 1.82) is 0 Å². The van der Waals surface area contributed by atoms with E-state index in [0.29, 0.717) is 5.69 Å². The van der Waals surface area contributed by atoms with Gasteiger partial charge in [0.15, 0.2) is 4.33 Å². The van der Waals surface area contributed by atoms with Gasteiger partial charge in [-0.2, -0.15) is 0 Å². The molecule has 126 valence electrons. The first-order valence-electron chi connectivity index (χ1n) is 6.86. The maximum atomic E-state index is 13.0. The van der Waals surface area contributed by atoms with Gasteiger partial charge in [0.25, 0.3) is 0 Å². The average molecular weight is 446 g/mol. The molecule has 0 spiro atoms. The maximum absolute atomic E-state index is 13.0. The number of para-hydroxylation sites is 1. The molecule has 4 rings (SSSR count). The predicted octanol–water partition coefficient (Wildman–Crippen LogP) is 4.64. The Morgan fingerprint density at radius 2 is 1.21 bits per heavy atom. The van der Waals surface area contributed by atoms with Gasteiger partial charge in [0.05, 0.1) is 27.6 Å². The zero-order valence-corrected chi connectivity index (χ0v) is 16.1.